The van der Waals surface area contributed by atoms with Gasteiger partial charge < -0.3 is 16.2 Å². The summed E-state index contributed by atoms with van der Waals surface area (Å²) >= 11 is 5.98. The Hall–Kier alpha value is -2.73. The molecule has 27 heavy (non-hydrogen) atoms. The summed E-state index contributed by atoms with van der Waals surface area (Å²) in [6.07, 6.45) is 5.07. The van der Waals surface area contributed by atoms with Crippen LogP contribution in [0.1, 0.15) is 32.1 Å². The zero-order chi connectivity index (χ0) is 18.9. The van der Waals surface area contributed by atoms with Gasteiger partial charge in [-0.25, -0.2) is 4.99 Å². The normalized spacial score (nSPS) is 18.8. The molecule has 2 aliphatic rings. The first-order valence-corrected chi connectivity index (χ1v) is 9.47. The summed E-state index contributed by atoms with van der Waals surface area (Å²) in [4.78, 5) is 10.9. The quantitative estimate of drug-likeness (QED) is 0.829. The van der Waals surface area contributed by atoms with Gasteiger partial charge in [-0.05, 0) is 62.1 Å². The first-order chi connectivity index (χ1) is 13.1. The van der Waals surface area contributed by atoms with E-state index in [9.17, 15) is 0 Å². The average Bonchev–Trinajstić information content (AvgIpc) is 2.65. The van der Waals surface area contributed by atoms with E-state index in [-0.39, 0.29) is 5.96 Å². The van der Waals surface area contributed by atoms with Gasteiger partial charge in [0.15, 0.2) is 5.75 Å². The van der Waals surface area contributed by atoms with Crippen LogP contribution in [0.25, 0.3) is 0 Å². The zero-order valence-corrected chi connectivity index (χ0v) is 15.7. The minimum Gasteiger partial charge on any atom is -0.455 e. The number of guanidine groups is 2. The van der Waals surface area contributed by atoms with E-state index in [0.29, 0.717) is 22.5 Å². The molecule has 4 rings (SSSR count). The van der Waals surface area contributed by atoms with Crippen molar-refractivity contribution in [1.82, 2.24) is 0 Å². The Morgan fingerprint density at radius 2 is 1.67 bits per heavy atom. The molecule has 1 aliphatic heterocycles. The highest BCUT2D eigenvalue weighted by atomic mass is 35.5. The Morgan fingerprint density at radius 3 is 2.41 bits per heavy atom. The lowest BCUT2D eigenvalue weighted by atomic mass is 9.87. The second-order valence-electron chi connectivity index (χ2n) is 6.84. The van der Waals surface area contributed by atoms with Gasteiger partial charge in [0.05, 0.1) is 5.69 Å². The third kappa shape index (κ3) is 3.45. The number of rotatable bonds is 3. The lowest BCUT2D eigenvalue weighted by Crippen LogP contribution is -2.58. The Labute approximate surface area is 163 Å². The van der Waals surface area contributed by atoms with E-state index in [1.54, 1.807) is 12.1 Å². The molecule has 0 aromatic heterocycles. The fourth-order valence-corrected chi connectivity index (χ4v) is 3.95. The van der Waals surface area contributed by atoms with E-state index in [0.717, 1.165) is 31.4 Å². The molecule has 0 unspecified atom stereocenters. The van der Waals surface area contributed by atoms with Gasteiger partial charge in [0.25, 0.3) is 0 Å². The summed E-state index contributed by atoms with van der Waals surface area (Å²) < 4.78 is 6.14. The zero-order valence-electron chi connectivity index (χ0n) is 14.9. The molecule has 0 saturated heterocycles. The predicted octanol–water partition coefficient (Wildman–Crippen LogP) is 4.24. The van der Waals surface area contributed by atoms with Gasteiger partial charge in [-0.2, -0.15) is 4.99 Å². The molecule has 2 aromatic carbocycles. The van der Waals surface area contributed by atoms with Crippen LogP contribution in [0, 0.1) is 0 Å². The van der Waals surface area contributed by atoms with Crippen molar-refractivity contribution in [2.75, 3.05) is 4.90 Å². The molecular formula is C20H22ClN5O. The van der Waals surface area contributed by atoms with Crippen LogP contribution in [0.15, 0.2) is 58.5 Å². The second-order valence-corrected chi connectivity index (χ2v) is 7.28. The molecule has 0 atom stereocenters. The highest BCUT2D eigenvalue weighted by Gasteiger charge is 2.43. The molecule has 4 N–H and O–H groups in total. The Bertz CT molecular complexity index is 888. The molecule has 1 saturated carbocycles. The maximum absolute atomic E-state index is 6.33. The lowest BCUT2D eigenvalue weighted by Gasteiger charge is -2.45. The van der Waals surface area contributed by atoms with Crippen molar-refractivity contribution >= 4 is 29.2 Å². The van der Waals surface area contributed by atoms with Crippen LogP contribution in [-0.4, -0.2) is 17.6 Å². The van der Waals surface area contributed by atoms with Gasteiger partial charge in [-0.3, -0.25) is 4.90 Å². The molecule has 1 aliphatic carbocycles. The van der Waals surface area contributed by atoms with Crippen LogP contribution in [-0.2, 0) is 0 Å². The van der Waals surface area contributed by atoms with Crippen LogP contribution in [0.2, 0.25) is 5.02 Å². The van der Waals surface area contributed by atoms with Crippen molar-refractivity contribution in [3.63, 3.8) is 0 Å². The van der Waals surface area contributed by atoms with Crippen molar-refractivity contribution in [2.45, 2.75) is 37.8 Å². The van der Waals surface area contributed by atoms with Crippen LogP contribution >= 0.6 is 11.6 Å². The van der Waals surface area contributed by atoms with E-state index >= 15 is 0 Å². The number of nitrogens with two attached hydrogens (primary N) is 2. The SMILES string of the molecule is NC1=NC2(CCCCC2)N(c2ccccc2Oc2ccc(Cl)cc2)C(N)=N1. The summed E-state index contributed by atoms with van der Waals surface area (Å²) in [5.74, 6) is 1.96. The summed E-state index contributed by atoms with van der Waals surface area (Å²) in [5.41, 5.74) is 12.6. The molecule has 1 heterocycles. The Kier molecular flexibility index (Phi) is 4.66. The summed E-state index contributed by atoms with van der Waals surface area (Å²) in [5, 5.41) is 0.661. The maximum Gasteiger partial charge on any atom is 0.220 e. The number of halogens is 1. The third-order valence-electron chi connectivity index (χ3n) is 5.00. The highest BCUT2D eigenvalue weighted by molar-refractivity contribution is 6.30. The minimum absolute atomic E-state index is 0.238. The van der Waals surface area contributed by atoms with Gasteiger partial charge in [0.2, 0.25) is 11.9 Å². The van der Waals surface area contributed by atoms with E-state index in [4.69, 9.17) is 32.8 Å². The Balaban J connectivity index is 1.75. The number of nitrogens with zero attached hydrogens (tertiary/aromatic N) is 3. The van der Waals surface area contributed by atoms with Gasteiger partial charge in [-0.15, -0.1) is 0 Å². The van der Waals surface area contributed by atoms with Crippen molar-refractivity contribution in [3.8, 4) is 11.5 Å². The van der Waals surface area contributed by atoms with Crippen LogP contribution in [0.4, 0.5) is 5.69 Å². The van der Waals surface area contributed by atoms with Crippen LogP contribution in [0.5, 0.6) is 11.5 Å². The van der Waals surface area contributed by atoms with Crippen LogP contribution < -0.4 is 21.1 Å². The molecule has 6 nitrogen and oxygen atoms in total. The largest absolute Gasteiger partial charge is 0.455 e. The molecule has 7 heteroatoms. The maximum atomic E-state index is 6.33. The van der Waals surface area contributed by atoms with E-state index < -0.39 is 5.66 Å². The first kappa shape index (κ1) is 17.7. The molecule has 1 spiro atoms. The molecule has 0 amide bonds. The van der Waals surface area contributed by atoms with Gasteiger partial charge >= 0.3 is 0 Å². The predicted molar refractivity (Wildman–Crippen MR) is 110 cm³/mol. The molecular weight excluding hydrogens is 362 g/mol. The number of aliphatic imine (C=N–C) groups is 2. The fraction of sp³-hybridized carbons (Fsp3) is 0.300. The number of hydrogen-bond acceptors (Lipinski definition) is 6. The molecule has 1 fully saturated rings. The van der Waals surface area contributed by atoms with Crippen molar-refractivity contribution in [3.05, 3.63) is 53.6 Å². The molecule has 0 bridgehead atoms. The molecule has 2 aromatic rings. The third-order valence-corrected chi connectivity index (χ3v) is 5.25. The van der Waals surface area contributed by atoms with Crippen molar-refractivity contribution < 1.29 is 4.74 Å². The number of anilines is 1. The van der Waals surface area contributed by atoms with E-state index in [1.807, 2.05) is 41.3 Å². The standard InChI is InChI=1S/C20H22ClN5O/c21-14-8-10-15(11-9-14)27-17-7-3-2-6-16(17)26-19(23)24-18(22)25-20(26)12-4-1-5-13-20/h2-3,6-11H,1,4-5,12-13H2,(H4,22,23,24,25). The van der Waals surface area contributed by atoms with Gasteiger partial charge in [0.1, 0.15) is 11.4 Å². The summed E-state index contributed by atoms with van der Waals surface area (Å²) in [6, 6.07) is 15.0. The average molecular weight is 384 g/mol. The number of hydrogen-bond donors (Lipinski definition) is 2. The van der Waals surface area contributed by atoms with Gasteiger partial charge in [0, 0.05) is 5.02 Å². The second kappa shape index (κ2) is 7.12. The highest BCUT2D eigenvalue weighted by Crippen LogP contribution is 2.43. The van der Waals surface area contributed by atoms with E-state index in [1.165, 1.54) is 6.42 Å². The smallest absolute Gasteiger partial charge is 0.220 e. The van der Waals surface area contributed by atoms with Gasteiger partial charge in [-0.1, -0.05) is 30.2 Å². The summed E-state index contributed by atoms with van der Waals surface area (Å²) in [6.45, 7) is 0. The fourth-order valence-electron chi connectivity index (χ4n) is 3.83. The van der Waals surface area contributed by atoms with Crippen molar-refractivity contribution in [2.24, 2.45) is 21.5 Å². The number of ether oxygens (including phenoxy) is 1. The van der Waals surface area contributed by atoms with Crippen LogP contribution in [0.3, 0.4) is 0 Å². The number of para-hydroxylation sites is 2. The summed E-state index contributed by atoms with van der Waals surface area (Å²) in [7, 11) is 0. The van der Waals surface area contributed by atoms with Crippen molar-refractivity contribution in [1.29, 1.82) is 0 Å². The molecule has 140 valence electrons. The monoisotopic (exact) mass is 383 g/mol. The topological polar surface area (TPSA) is 89.2 Å². The lowest BCUT2D eigenvalue weighted by molar-refractivity contribution is 0.304. The first-order valence-electron chi connectivity index (χ1n) is 9.10. The Morgan fingerprint density at radius 1 is 0.963 bits per heavy atom. The minimum atomic E-state index is -0.506. The molecule has 0 radical (unpaired) electrons. The van der Waals surface area contributed by atoms with E-state index in [2.05, 4.69) is 4.99 Å². The number of benzene rings is 2.